The van der Waals surface area contributed by atoms with Gasteiger partial charge >= 0.3 is 0 Å². The van der Waals surface area contributed by atoms with Gasteiger partial charge in [0.25, 0.3) is 15.9 Å². The van der Waals surface area contributed by atoms with E-state index in [0.717, 1.165) is 6.42 Å². The smallest absolute Gasteiger partial charge is 0.261 e. The lowest BCUT2D eigenvalue weighted by molar-refractivity contribution is 0.0940. The maximum absolute atomic E-state index is 12.6. The summed E-state index contributed by atoms with van der Waals surface area (Å²) >= 11 is 1.62. The molecule has 152 valence electrons. The maximum Gasteiger partial charge on any atom is 0.261 e. The summed E-state index contributed by atoms with van der Waals surface area (Å²) in [6, 6.07) is 14.4. The third-order valence-corrected chi connectivity index (χ3v) is 6.40. The Morgan fingerprint density at radius 1 is 1.07 bits per heavy atom. The second kappa shape index (κ2) is 9.11. The number of carbonyl (C=O) groups is 1. The summed E-state index contributed by atoms with van der Waals surface area (Å²) in [5, 5.41) is 6.99. The fraction of sp³-hybridized carbons (Fsp3) is 0.190. The van der Waals surface area contributed by atoms with Gasteiger partial charge < -0.3 is 10.1 Å². The number of carbonyl (C=O) groups excluding carboxylic acids is 1. The summed E-state index contributed by atoms with van der Waals surface area (Å²) < 4.78 is 32.7. The van der Waals surface area contributed by atoms with Crippen LogP contribution in [0.2, 0.25) is 0 Å². The van der Waals surface area contributed by atoms with Crippen LogP contribution >= 0.6 is 11.3 Å². The van der Waals surface area contributed by atoms with Crippen molar-refractivity contribution in [2.45, 2.75) is 24.3 Å². The predicted octanol–water partition coefficient (Wildman–Crippen LogP) is 3.92. The molecule has 8 heteroatoms. The van der Waals surface area contributed by atoms with Crippen molar-refractivity contribution in [1.82, 2.24) is 5.32 Å². The highest BCUT2D eigenvalue weighted by Crippen LogP contribution is 2.20. The van der Waals surface area contributed by atoms with Crippen LogP contribution in [-0.4, -0.2) is 27.5 Å². The van der Waals surface area contributed by atoms with Gasteiger partial charge in [-0.1, -0.05) is 0 Å². The first-order valence-electron chi connectivity index (χ1n) is 8.96. The molecule has 0 bridgehead atoms. The van der Waals surface area contributed by atoms with Gasteiger partial charge in [0.05, 0.1) is 12.0 Å². The summed E-state index contributed by atoms with van der Waals surface area (Å²) in [5.41, 5.74) is 2.01. The largest absolute Gasteiger partial charge is 0.497 e. The van der Waals surface area contributed by atoms with E-state index in [9.17, 15) is 13.2 Å². The molecule has 0 saturated heterocycles. The Balaban J connectivity index is 1.64. The number of sulfonamides is 1. The number of methoxy groups -OCH3 is 1. The molecule has 0 aliphatic heterocycles. The first-order chi connectivity index (χ1) is 13.9. The Hall–Kier alpha value is -2.84. The molecule has 0 saturated carbocycles. The Kier molecular flexibility index (Phi) is 6.56. The summed E-state index contributed by atoms with van der Waals surface area (Å²) in [6.07, 6.45) is 0.744. The van der Waals surface area contributed by atoms with E-state index in [2.05, 4.69) is 15.4 Å². The SMILES string of the molecule is COc1ccc(NS(=O)(=O)c2ccc(C(=O)NC(C)Cc3ccsc3)cc2)cc1. The number of nitrogens with one attached hydrogen (secondary N) is 2. The van der Waals surface area contributed by atoms with Crippen LogP contribution in [0.15, 0.2) is 70.3 Å². The van der Waals surface area contributed by atoms with E-state index in [1.165, 1.54) is 29.8 Å². The van der Waals surface area contributed by atoms with Crippen LogP contribution in [-0.2, 0) is 16.4 Å². The van der Waals surface area contributed by atoms with Crippen LogP contribution in [0.4, 0.5) is 5.69 Å². The number of hydrogen-bond donors (Lipinski definition) is 2. The average molecular weight is 431 g/mol. The number of amides is 1. The molecule has 1 aromatic heterocycles. The third-order valence-electron chi connectivity index (χ3n) is 4.27. The molecule has 0 aliphatic carbocycles. The van der Waals surface area contributed by atoms with Gasteiger partial charge in [0.2, 0.25) is 0 Å². The van der Waals surface area contributed by atoms with Gasteiger partial charge in [-0.15, -0.1) is 0 Å². The van der Waals surface area contributed by atoms with Crippen LogP contribution in [0, 0.1) is 0 Å². The summed E-state index contributed by atoms with van der Waals surface area (Å²) in [7, 11) is -2.21. The van der Waals surface area contributed by atoms with Crippen molar-refractivity contribution in [3.8, 4) is 5.75 Å². The normalized spacial score (nSPS) is 12.2. The summed E-state index contributed by atoms with van der Waals surface area (Å²) in [5.74, 6) is 0.399. The number of benzene rings is 2. The number of rotatable bonds is 8. The molecule has 6 nitrogen and oxygen atoms in total. The second-order valence-electron chi connectivity index (χ2n) is 6.57. The van der Waals surface area contributed by atoms with Crippen LogP contribution < -0.4 is 14.8 Å². The molecular formula is C21H22N2O4S2. The zero-order valence-electron chi connectivity index (χ0n) is 16.1. The molecule has 1 amide bonds. The second-order valence-corrected chi connectivity index (χ2v) is 9.03. The Morgan fingerprint density at radius 3 is 2.34 bits per heavy atom. The minimum atomic E-state index is -3.75. The molecule has 1 atom stereocenters. The van der Waals surface area contributed by atoms with Crippen LogP contribution in [0.1, 0.15) is 22.8 Å². The lowest BCUT2D eigenvalue weighted by Gasteiger charge is -2.14. The van der Waals surface area contributed by atoms with E-state index in [0.29, 0.717) is 17.0 Å². The standard InChI is InChI=1S/C21H22N2O4S2/c1-15(13-16-11-12-28-14-16)22-21(24)17-3-9-20(10-4-17)29(25,26)23-18-5-7-19(27-2)8-6-18/h3-12,14-15,23H,13H2,1-2H3,(H,22,24). The number of anilines is 1. The molecule has 2 aromatic carbocycles. The van der Waals surface area contributed by atoms with Crippen LogP contribution in [0.3, 0.4) is 0 Å². The van der Waals surface area contributed by atoms with Crippen molar-refractivity contribution < 1.29 is 17.9 Å². The zero-order valence-corrected chi connectivity index (χ0v) is 17.7. The lowest BCUT2D eigenvalue weighted by Crippen LogP contribution is -2.34. The quantitative estimate of drug-likeness (QED) is 0.567. The van der Waals surface area contributed by atoms with Crippen molar-refractivity contribution >= 4 is 33.0 Å². The molecule has 29 heavy (non-hydrogen) atoms. The Morgan fingerprint density at radius 2 is 1.76 bits per heavy atom. The molecular weight excluding hydrogens is 408 g/mol. The van der Waals surface area contributed by atoms with Gasteiger partial charge in [-0.05, 0) is 84.3 Å². The minimum Gasteiger partial charge on any atom is -0.497 e. The minimum absolute atomic E-state index is 0.0303. The lowest BCUT2D eigenvalue weighted by atomic mass is 10.1. The number of thiophene rings is 1. The molecule has 0 spiro atoms. The van der Waals surface area contributed by atoms with Crippen molar-refractivity contribution in [3.63, 3.8) is 0 Å². The van der Waals surface area contributed by atoms with Gasteiger partial charge in [-0.25, -0.2) is 8.42 Å². The zero-order chi connectivity index (χ0) is 20.9. The highest BCUT2D eigenvalue weighted by Gasteiger charge is 2.16. The van der Waals surface area contributed by atoms with E-state index < -0.39 is 10.0 Å². The highest BCUT2D eigenvalue weighted by molar-refractivity contribution is 7.92. The monoisotopic (exact) mass is 430 g/mol. The fourth-order valence-electron chi connectivity index (χ4n) is 2.78. The number of hydrogen-bond acceptors (Lipinski definition) is 5. The van der Waals surface area contributed by atoms with Gasteiger partial charge in [0.1, 0.15) is 5.75 Å². The maximum atomic E-state index is 12.6. The van der Waals surface area contributed by atoms with Gasteiger partial charge in [-0.3, -0.25) is 9.52 Å². The van der Waals surface area contributed by atoms with E-state index in [4.69, 9.17) is 4.74 Å². The van der Waals surface area contributed by atoms with Gasteiger partial charge in [0.15, 0.2) is 0 Å². The third kappa shape index (κ3) is 5.58. The predicted molar refractivity (Wildman–Crippen MR) is 115 cm³/mol. The van der Waals surface area contributed by atoms with E-state index in [1.54, 1.807) is 42.7 Å². The first kappa shape index (κ1) is 20.9. The molecule has 2 N–H and O–H groups in total. The molecule has 0 fully saturated rings. The fourth-order valence-corrected chi connectivity index (χ4v) is 4.52. The molecule has 0 radical (unpaired) electrons. The average Bonchev–Trinajstić information content (AvgIpc) is 3.21. The van der Waals surface area contributed by atoms with Crippen LogP contribution in [0.5, 0.6) is 5.75 Å². The molecule has 1 unspecified atom stereocenters. The summed E-state index contributed by atoms with van der Waals surface area (Å²) in [6.45, 7) is 1.94. The van der Waals surface area contributed by atoms with E-state index >= 15 is 0 Å². The van der Waals surface area contributed by atoms with Crippen molar-refractivity contribution in [3.05, 3.63) is 76.5 Å². The Labute approximate surface area is 174 Å². The Bertz CT molecular complexity index is 1050. The van der Waals surface area contributed by atoms with Crippen molar-refractivity contribution in [2.75, 3.05) is 11.8 Å². The van der Waals surface area contributed by atoms with Gasteiger partial charge in [-0.2, -0.15) is 11.3 Å². The first-order valence-corrected chi connectivity index (χ1v) is 11.4. The van der Waals surface area contributed by atoms with Gasteiger partial charge in [0, 0.05) is 17.3 Å². The molecule has 3 rings (SSSR count). The van der Waals surface area contributed by atoms with Crippen molar-refractivity contribution in [2.24, 2.45) is 0 Å². The highest BCUT2D eigenvalue weighted by atomic mass is 32.2. The van der Waals surface area contributed by atoms with E-state index in [-0.39, 0.29) is 16.8 Å². The molecule has 3 aromatic rings. The molecule has 0 aliphatic rings. The number of ether oxygens (including phenoxy) is 1. The van der Waals surface area contributed by atoms with E-state index in [1.807, 2.05) is 18.4 Å². The molecule has 1 heterocycles. The van der Waals surface area contributed by atoms with Crippen LogP contribution in [0.25, 0.3) is 0 Å². The topological polar surface area (TPSA) is 84.5 Å². The van der Waals surface area contributed by atoms with Crippen molar-refractivity contribution in [1.29, 1.82) is 0 Å². The summed E-state index contributed by atoms with van der Waals surface area (Å²) in [4.78, 5) is 12.5.